The van der Waals surface area contributed by atoms with Crippen molar-refractivity contribution >= 4 is 29.9 Å². The van der Waals surface area contributed by atoms with Crippen LogP contribution in [0.3, 0.4) is 0 Å². The van der Waals surface area contributed by atoms with E-state index in [1.54, 1.807) is 0 Å². The van der Waals surface area contributed by atoms with Gasteiger partial charge in [0.1, 0.15) is 0 Å². The standard InChI is InChI=1S/C24H42N6.HI/c1-4-25-24(27-19-23-12-9-13-30(23)6-3)26-18-21-10-7-8-11-22(21)20-29-16-14-28(5-2)15-17-29;/h7-8,10-11,23H,4-6,9,12-20H2,1-3H3,(H2,25,26,27);1H. The molecule has 1 aromatic rings. The van der Waals surface area contributed by atoms with E-state index in [0.717, 1.165) is 58.3 Å². The van der Waals surface area contributed by atoms with Crippen LogP contribution in [-0.2, 0) is 13.1 Å². The lowest BCUT2D eigenvalue weighted by Gasteiger charge is -2.34. The number of rotatable bonds is 9. The van der Waals surface area contributed by atoms with Crippen molar-refractivity contribution < 1.29 is 0 Å². The number of nitrogens with zero attached hydrogens (tertiary/aromatic N) is 4. The normalized spacial score (nSPS) is 21.1. The van der Waals surface area contributed by atoms with Crippen LogP contribution in [0.4, 0.5) is 0 Å². The molecule has 0 saturated carbocycles. The number of piperazine rings is 1. The third-order valence-electron chi connectivity index (χ3n) is 6.59. The molecule has 1 atom stereocenters. The largest absolute Gasteiger partial charge is 0.357 e. The van der Waals surface area contributed by atoms with Crippen LogP contribution < -0.4 is 10.6 Å². The summed E-state index contributed by atoms with van der Waals surface area (Å²) >= 11 is 0. The Hall–Kier alpha value is -0.900. The maximum absolute atomic E-state index is 4.92. The van der Waals surface area contributed by atoms with Gasteiger partial charge in [0.15, 0.2) is 5.96 Å². The highest BCUT2D eigenvalue weighted by Crippen LogP contribution is 2.16. The topological polar surface area (TPSA) is 46.1 Å². The number of likely N-dealkylation sites (N-methyl/N-ethyl adjacent to an activating group) is 2. The first-order chi connectivity index (χ1) is 14.7. The molecule has 2 N–H and O–H groups in total. The molecule has 176 valence electrons. The van der Waals surface area contributed by atoms with Crippen LogP contribution in [0, 0.1) is 0 Å². The summed E-state index contributed by atoms with van der Waals surface area (Å²) in [5.74, 6) is 0.937. The minimum atomic E-state index is 0. The maximum atomic E-state index is 4.92. The van der Waals surface area contributed by atoms with Gasteiger partial charge in [0.25, 0.3) is 0 Å². The van der Waals surface area contributed by atoms with Gasteiger partial charge >= 0.3 is 0 Å². The molecule has 0 radical (unpaired) electrons. The van der Waals surface area contributed by atoms with E-state index in [1.165, 1.54) is 43.6 Å². The first kappa shape index (κ1) is 26.4. The first-order valence-corrected chi connectivity index (χ1v) is 12.0. The van der Waals surface area contributed by atoms with Gasteiger partial charge < -0.3 is 15.5 Å². The fourth-order valence-corrected chi connectivity index (χ4v) is 4.63. The van der Waals surface area contributed by atoms with E-state index in [-0.39, 0.29) is 24.0 Å². The quantitative estimate of drug-likeness (QED) is 0.286. The zero-order valence-corrected chi connectivity index (χ0v) is 22.1. The van der Waals surface area contributed by atoms with Gasteiger partial charge in [0.05, 0.1) is 6.54 Å². The number of benzene rings is 1. The van der Waals surface area contributed by atoms with Crippen molar-refractivity contribution in [2.45, 2.75) is 52.7 Å². The Morgan fingerprint density at radius 2 is 1.65 bits per heavy atom. The number of likely N-dealkylation sites (tertiary alicyclic amines) is 1. The van der Waals surface area contributed by atoms with Gasteiger partial charge in [-0.2, -0.15) is 0 Å². The van der Waals surface area contributed by atoms with E-state index >= 15 is 0 Å². The van der Waals surface area contributed by atoms with Gasteiger partial charge in [-0.25, -0.2) is 4.99 Å². The molecule has 1 unspecified atom stereocenters. The van der Waals surface area contributed by atoms with E-state index in [9.17, 15) is 0 Å². The lowest BCUT2D eigenvalue weighted by Crippen LogP contribution is -2.45. The molecule has 2 saturated heterocycles. The van der Waals surface area contributed by atoms with Crippen molar-refractivity contribution in [1.29, 1.82) is 0 Å². The van der Waals surface area contributed by atoms with E-state index in [2.05, 4.69) is 70.4 Å². The highest BCUT2D eigenvalue weighted by atomic mass is 127. The molecule has 1 aromatic carbocycles. The summed E-state index contributed by atoms with van der Waals surface area (Å²) in [5, 5.41) is 7.02. The van der Waals surface area contributed by atoms with Crippen LogP contribution in [0.1, 0.15) is 44.7 Å². The average molecular weight is 543 g/mol. The molecule has 3 rings (SSSR count). The highest BCUT2D eigenvalue weighted by molar-refractivity contribution is 14.0. The van der Waals surface area contributed by atoms with Crippen LogP contribution in [0.15, 0.2) is 29.3 Å². The molecule has 31 heavy (non-hydrogen) atoms. The van der Waals surface area contributed by atoms with Crippen LogP contribution in [-0.4, -0.2) is 85.6 Å². The predicted octanol–water partition coefficient (Wildman–Crippen LogP) is 2.98. The number of guanidine groups is 1. The van der Waals surface area contributed by atoms with Gasteiger partial charge in [-0.1, -0.05) is 38.1 Å². The number of halogens is 1. The van der Waals surface area contributed by atoms with Gasteiger partial charge in [0, 0.05) is 51.9 Å². The SMILES string of the molecule is CCNC(=NCc1ccccc1CN1CCN(CC)CC1)NCC1CCCN1CC.I. The lowest BCUT2D eigenvalue weighted by atomic mass is 10.1. The van der Waals surface area contributed by atoms with E-state index in [0.29, 0.717) is 6.04 Å². The van der Waals surface area contributed by atoms with Crippen LogP contribution in [0.2, 0.25) is 0 Å². The van der Waals surface area contributed by atoms with Crippen LogP contribution in [0.5, 0.6) is 0 Å². The number of aliphatic imine (C=N–C) groups is 1. The number of hydrogen-bond acceptors (Lipinski definition) is 4. The molecule has 0 aliphatic carbocycles. The second-order valence-electron chi connectivity index (χ2n) is 8.48. The van der Waals surface area contributed by atoms with Crippen molar-refractivity contribution in [3.63, 3.8) is 0 Å². The van der Waals surface area contributed by atoms with Crippen LogP contribution in [0.25, 0.3) is 0 Å². The molecule has 0 amide bonds. The van der Waals surface area contributed by atoms with Gasteiger partial charge in [-0.15, -0.1) is 24.0 Å². The summed E-state index contributed by atoms with van der Waals surface area (Å²) in [6, 6.07) is 9.44. The Morgan fingerprint density at radius 1 is 0.935 bits per heavy atom. The Balaban J connectivity index is 0.00000341. The zero-order valence-electron chi connectivity index (χ0n) is 19.8. The van der Waals surface area contributed by atoms with Gasteiger partial charge in [0.2, 0.25) is 0 Å². The Labute approximate surface area is 206 Å². The van der Waals surface area contributed by atoms with Crippen molar-refractivity contribution in [3.05, 3.63) is 35.4 Å². The van der Waals surface area contributed by atoms with Crippen molar-refractivity contribution in [2.75, 3.05) is 58.9 Å². The fraction of sp³-hybridized carbons (Fsp3) is 0.708. The molecular weight excluding hydrogens is 499 g/mol. The smallest absolute Gasteiger partial charge is 0.191 e. The zero-order chi connectivity index (χ0) is 21.2. The van der Waals surface area contributed by atoms with Gasteiger partial charge in [-0.05, 0) is 50.5 Å². The maximum Gasteiger partial charge on any atom is 0.191 e. The first-order valence-electron chi connectivity index (χ1n) is 12.0. The Morgan fingerprint density at radius 3 is 2.32 bits per heavy atom. The summed E-state index contributed by atoms with van der Waals surface area (Å²) in [4.78, 5) is 12.6. The molecule has 0 aromatic heterocycles. The van der Waals surface area contributed by atoms with E-state index in [4.69, 9.17) is 4.99 Å². The summed E-state index contributed by atoms with van der Waals surface area (Å²) in [6.45, 7) is 18.5. The lowest BCUT2D eigenvalue weighted by molar-refractivity contribution is 0.131. The summed E-state index contributed by atoms with van der Waals surface area (Å²) < 4.78 is 0. The number of hydrogen-bond donors (Lipinski definition) is 2. The van der Waals surface area contributed by atoms with E-state index < -0.39 is 0 Å². The molecule has 0 spiro atoms. The Kier molecular flexibility index (Phi) is 12.1. The highest BCUT2D eigenvalue weighted by Gasteiger charge is 2.22. The minimum Gasteiger partial charge on any atom is -0.357 e. The van der Waals surface area contributed by atoms with Crippen molar-refractivity contribution in [3.8, 4) is 0 Å². The summed E-state index contributed by atoms with van der Waals surface area (Å²) in [6.07, 6.45) is 2.60. The summed E-state index contributed by atoms with van der Waals surface area (Å²) in [5.41, 5.74) is 2.75. The van der Waals surface area contributed by atoms with E-state index in [1.807, 2.05) is 0 Å². The molecule has 2 aliphatic heterocycles. The van der Waals surface area contributed by atoms with Crippen LogP contribution >= 0.6 is 24.0 Å². The number of nitrogens with one attached hydrogen (secondary N) is 2. The second kappa shape index (κ2) is 14.3. The average Bonchev–Trinajstić information content (AvgIpc) is 3.25. The molecule has 0 bridgehead atoms. The molecule has 2 aliphatic rings. The fourth-order valence-electron chi connectivity index (χ4n) is 4.63. The van der Waals surface area contributed by atoms with Crippen molar-refractivity contribution in [2.24, 2.45) is 4.99 Å². The van der Waals surface area contributed by atoms with Crippen molar-refractivity contribution in [1.82, 2.24) is 25.3 Å². The Bertz CT molecular complexity index is 659. The molecule has 7 heteroatoms. The van der Waals surface area contributed by atoms with Gasteiger partial charge in [-0.3, -0.25) is 9.80 Å². The predicted molar refractivity (Wildman–Crippen MR) is 142 cm³/mol. The second-order valence-corrected chi connectivity index (χ2v) is 8.48. The molecule has 2 fully saturated rings. The monoisotopic (exact) mass is 542 g/mol. The molecule has 6 nitrogen and oxygen atoms in total. The minimum absolute atomic E-state index is 0. The summed E-state index contributed by atoms with van der Waals surface area (Å²) in [7, 11) is 0. The third kappa shape index (κ3) is 8.18. The molecular formula is C24H43IN6. The third-order valence-corrected chi connectivity index (χ3v) is 6.59. The molecule has 2 heterocycles.